The molecule has 0 aromatic heterocycles. The van der Waals surface area contributed by atoms with Crippen LogP contribution in [-0.2, 0) is 6.54 Å². The van der Waals surface area contributed by atoms with Crippen molar-refractivity contribution in [1.29, 1.82) is 0 Å². The van der Waals surface area contributed by atoms with Crippen LogP contribution in [0.15, 0.2) is 17.1 Å². The van der Waals surface area contributed by atoms with Gasteiger partial charge in [0.25, 0.3) is 0 Å². The Morgan fingerprint density at radius 2 is 1.70 bits per heavy atom. The van der Waals surface area contributed by atoms with Crippen LogP contribution in [0.25, 0.3) is 0 Å². The highest BCUT2D eigenvalue weighted by Crippen LogP contribution is 2.38. The Kier molecular flexibility index (Phi) is 9.04. The minimum atomic E-state index is 0.526. The number of nitrogens with zero attached hydrogens (tertiary/aromatic N) is 2. The lowest BCUT2D eigenvalue weighted by atomic mass is 10.2. The fourth-order valence-corrected chi connectivity index (χ4v) is 3.25. The molecule has 1 aliphatic rings. The fourth-order valence-electron chi connectivity index (χ4n) is 3.25. The number of benzene rings is 1. The number of methoxy groups -OCH3 is 3. The summed E-state index contributed by atoms with van der Waals surface area (Å²) >= 11 is 0. The molecule has 152 valence electrons. The number of hydrogen-bond donors (Lipinski definition) is 2. The molecule has 1 aromatic rings. The maximum Gasteiger partial charge on any atom is 0.203 e. The van der Waals surface area contributed by atoms with E-state index < -0.39 is 0 Å². The summed E-state index contributed by atoms with van der Waals surface area (Å²) in [6.45, 7) is 7.98. The number of ether oxygens (including phenoxy) is 3. The normalized spacial score (nSPS) is 14.9. The Bertz CT molecular complexity index is 576. The van der Waals surface area contributed by atoms with Gasteiger partial charge in [0.05, 0.1) is 27.9 Å². The zero-order chi connectivity index (χ0) is 19.5. The van der Waals surface area contributed by atoms with Gasteiger partial charge in [0, 0.05) is 13.1 Å². The Morgan fingerprint density at radius 3 is 2.26 bits per heavy atom. The van der Waals surface area contributed by atoms with Crippen LogP contribution in [0, 0.1) is 0 Å². The van der Waals surface area contributed by atoms with E-state index >= 15 is 0 Å². The van der Waals surface area contributed by atoms with E-state index in [9.17, 15) is 0 Å². The van der Waals surface area contributed by atoms with Crippen molar-refractivity contribution in [3.8, 4) is 17.2 Å². The number of guanidine groups is 1. The second-order valence-electron chi connectivity index (χ2n) is 6.56. The molecule has 0 atom stereocenters. The van der Waals surface area contributed by atoms with Gasteiger partial charge in [0.15, 0.2) is 17.5 Å². The Hall–Kier alpha value is -2.15. The van der Waals surface area contributed by atoms with Gasteiger partial charge in [-0.25, -0.2) is 4.99 Å². The first-order chi connectivity index (χ1) is 13.2. The summed E-state index contributed by atoms with van der Waals surface area (Å²) in [7, 11) is 4.85. The monoisotopic (exact) mass is 378 g/mol. The molecule has 0 saturated carbocycles. The first-order valence-electron chi connectivity index (χ1n) is 9.75. The van der Waals surface area contributed by atoms with E-state index in [1.54, 1.807) is 21.3 Å². The van der Waals surface area contributed by atoms with Crippen LogP contribution in [0.3, 0.4) is 0 Å². The van der Waals surface area contributed by atoms with E-state index in [1.165, 1.54) is 25.9 Å². The Balaban J connectivity index is 1.94. The van der Waals surface area contributed by atoms with Gasteiger partial charge in [-0.15, -0.1) is 0 Å². The van der Waals surface area contributed by atoms with E-state index in [0.717, 1.165) is 37.6 Å². The Morgan fingerprint density at radius 1 is 1.04 bits per heavy atom. The molecule has 0 spiro atoms. The van der Waals surface area contributed by atoms with Crippen molar-refractivity contribution in [2.24, 2.45) is 4.99 Å². The summed E-state index contributed by atoms with van der Waals surface area (Å²) in [4.78, 5) is 7.22. The third-order valence-electron chi connectivity index (χ3n) is 4.63. The van der Waals surface area contributed by atoms with Crippen molar-refractivity contribution < 1.29 is 14.2 Å². The lowest BCUT2D eigenvalue weighted by Crippen LogP contribution is -2.38. The lowest BCUT2D eigenvalue weighted by Gasteiger charge is -2.16. The van der Waals surface area contributed by atoms with Crippen molar-refractivity contribution in [3.05, 3.63) is 17.7 Å². The van der Waals surface area contributed by atoms with Gasteiger partial charge in [-0.1, -0.05) is 0 Å². The standard InChI is InChI=1S/C20H34N4O3/c1-5-21-20(22-9-8-12-24-10-6-7-11-24)23-15-16-13-17(25-2)19(27-4)18(14-16)26-3/h13-14H,5-12,15H2,1-4H3,(H2,21,22,23). The molecular formula is C20H34N4O3. The summed E-state index contributed by atoms with van der Waals surface area (Å²) in [6, 6.07) is 3.86. The number of nitrogens with one attached hydrogen (secondary N) is 2. The smallest absolute Gasteiger partial charge is 0.203 e. The minimum absolute atomic E-state index is 0.526. The summed E-state index contributed by atoms with van der Waals surface area (Å²) < 4.78 is 16.2. The number of likely N-dealkylation sites (tertiary alicyclic amines) is 1. The quantitative estimate of drug-likeness (QED) is 0.370. The number of rotatable bonds is 10. The fraction of sp³-hybridized carbons (Fsp3) is 0.650. The first kappa shape index (κ1) is 21.2. The minimum Gasteiger partial charge on any atom is -0.493 e. The molecule has 1 saturated heterocycles. The van der Waals surface area contributed by atoms with Gasteiger partial charge >= 0.3 is 0 Å². The SMILES string of the molecule is CCNC(=NCc1cc(OC)c(OC)c(OC)c1)NCCCN1CCCC1. The van der Waals surface area contributed by atoms with Gasteiger partial charge in [0.2, 0.25) is 5.75 Å². The Labute approximate surface area is 163 Å². The summed E-state index contributed by atoms with van der Waals surface area (Å²) in [6.07, 6.45) is 3.80. The van der Waals surface area contributed by atoms with Gasteiger partial charge < -0.3 is 29.7 Å². The van der Waals surface area contributed by atoms with Crippen molar-refractivity contribution in [1.82, 2.24) is 15.5 Å². The second kappa shape index (κ2) is 11.5. The zero-order valence-corrected chi connectivity index (χ0v) is 17.1. The zero-order valence-electron chi connectivity index (χ0n) is 17.1. The molecule has 0 amide bonds. The molecule has 0 bridgehead atoms. The van der Waals surface area contributed by atoms with E-state index in [2.05, 4.69) is 27.4 Å². The molecular weight excluding hydrogens is 344 g/mol. The van der Waals surface area contributed by atoms with Crippen molar-refractivity contribution in [3.63, 3.8) is 0 Å². The summed E-state index contributed by atoms with van der Waals surface area (Å²) in [5.41, 5.74) is 0.999. The van der Waals surface area contributed by atoms with Crippen LogP contribution < -0.4 is 24.8 Å². The average molecular weight is 379 g/mol. The van der Waals surface area contributed by atoms with Crippen LogP contribution in [0.2, 0.25) is 0 Å². The van der Waals surface area contributed by atoms with Gasteiger partial charge in [0.1, 0.15) is 0 Å². The summed E-state index contributed by atoms with van der Waals surface area (Å²) in [5, 5.41) is 6.72. The molecule has 1 heterocycles. The largest absolute Gasteiger partial charge is 0.493 e. The number of aliphatic imine (C=N–C) groups is 1. The third kappa shape index (κ3) is 6.50. The molecule has 1 aromatic carbocycles. The molecule has 2 N–H and O–H groups in total. The maximum absolute atomic E-state index is 5.41. The molecule has 1 aliphatic heterocycles. The van der Waals surface area contributed by atoms with Crippen LogP contribution in [0.5, 0.6) is 17.2 Å². The molecule has 1 fully saturated rings. The highest BCUT2D eigenvalue weighted by Gasteiger charge is 2.13. The molecule has 0 radical (unpaired) electrons. The lowest BCUT2D eigenvalue weighted by molar-refractivity contribution is 0.324. The highest BCUT2D eigenvalue weighted by molar-refractivity contribution is 5.79. The molecule has 0 aliphatic carbocycles. The molecule has 27 heavy (non-hydrogen) atoms. The summed E-state index contributed by atoms with van der Waals surface area (Å²) in [5.74, 6) is 2.71. The molecule has 7 heteroatoms. The van der Waals surface area contributed by atoms with E-state index in [-0.39, 0.29) is 0 Å². The third-order valence-corrected chi connectivity index (χ3v) is 4.63. The van der Waals surface area contributed by atoms with Crippen LogP contribution in [-0.4, -0.2) is 64.9 Å². The van der Waals surface area contributed by atoms with E-state index in [1.807, 2.05) is 12.1 Å². The van der Waals surface area contributed by atoms with Gasteiger partial charge in [-0.05, 0) is 63.5 Å². The van der Waals surface area contributed by atoms with Gasteiger partial charge in [-0.2, -0.15) is 0 Å². The van der Waals surface area contributed by atoms with E-state index in [4.69, 9.17) is 14.2 Å². The van der Waals surface area contributed by atoms with Crippen molar-refractivity contribution in [2.45, 2.75) is 32.7 Å². The van der Waals surface area contributed by atoms with E-state index in [0.29, 0.717) is 23.8 Å². The second-order valence-corrected chi connectivity index (χ2v) is 6.56. The number of hydrogen-bond acceptors (Lipinski definition) is 5. The molecule has 7 nitrogen and oxygen atoms in total. The van der Waals surface area contributed by atoms with Crippen molar-refractivity contribution >= 4 is 5.96 Å². The topological polar surface area (TPSA) is 67.4 Å². The van der Waals surface area contributed by atoms with Crippen molar-refractivity contribution in [2.75, 3.05) is 54.1 Å². The molecule has 2 rings (SSSR count). The first-order valence-corrected chi connectivity index (χ1v) is 9.75. The maximum atomic E-state index is 5.41. The van der Waals surface area contributed by atoms with Crippen LogP contribution in [0.1, 0.15) is 31.7 Å². The average Bonchev–Trinajstić information content (AvgIpc) is 3.21. The predicted octanol–water partition coefficient (Wildman–Crippen LogP) is 2.25. The van der Waals surface area contributed by atoms with Crippen LogP contribution >= 0.6 is 0 Å². The molecule has 0 unspecified atom stereocenters. The van der Waals surface area contributed by atoms with Crippen LogP contribution in [0.4, 0.5) is 0 Å². The highest BCUT2D eigenvalue weighted by atomic mass is 16.5. The van der Waals surface area contributed by atoms with Gasteiger partial charge in [-0.3, -0.25) is 0 Å². The predicted molar refractivity (Wildman–Crippen MR) is 109 cm³/mol.